The maximum absolute atomic E-state index is 12.8. The lowest BCUT2D eigenvalue weighted by Gasteiger charge is -2.27. The molecule has 1 aromatic heterocycles. The molecule has 1 aliphatic rings. The molecule has 128 valence electrons. The maximum atomic E-state index is 12.8. The molecule has 3 rings (SSSR count). The average Bonchev–Trinajstić information content (AvgIpc) is 2.98. The minimum Gasteiger partial charge on any atom is -0.492 e. The predicted molar refractivity (Wildman–Crippen MR) is 98.6 cm³/mol. The van der Waals surface area contributed by atoms with Gasteiger partial charge in [-0.25, -0.2) is 9.69 Å². The van der Waals surface area contributed by atoms with Crippen LogP contribution in [0.3, 0.4) is 0 Å². The molecule has 0 aliphatic carbocycles. The highest BCUT2D eigenvalue weighted by Gasteiger charge is 2.38. The van der Waals surface area contributed by atoms with Crippen molar-refractivity contribution in [1.29, 1.82) is 0 Å². The number of imide groups is 2. The van der Waals surface area contributed by atoms with Crippen LogP contribution in [0.1, 0.15) is 11.8 Å². The van der Waals surface area contributed by atoms with E-state index in [2.05, 4.69) is 21.2 Å². The molecule has 4 amide bonds. The Balaban J connectivity index is 2.03. The van der Waals surface area contributed by atoms with Gasteiger partial charge in [0.1, 0.15) is 11.3 Å². The summed E-state index contributed by atoms with van der Waals surface area (Å²) < 4.78 is 6.34. The van der Waals surface area contributed by atoms with Gasteiger partial charge >= 0.3 is 6.03 Å². The van der Waals surface area contributed by atoms with E-state index in [-0.39, 0.29) is 11.3 Å². The Morgan fingerprint density at radius 1 is 1.28 bits per heavy atom. The van der Waals surface area contributed by atoms with E-state index in [0.29, 0.717) is 12.4 Å². The van der Waals surface area contributed by atoms with E-state index in [0.717, 1.165) is 14.2 Å². The van der Waals surface area contributed by atoms with Crippen LogP contribution >= 0.6 is 27.3 Å². The molecule has 1 fully saturated rings. The molecule has 0 unspecified atom stereocenters. The van der Waals surface area contributed by atoms with E-state index in [9.17, 15) is 14.4 Å². The van der Waals surface area contributed by atoms with Crippen LogP contribution in [0.25, 0.3) is 6.08 Å². The first-order chi connectivity index (χ1) is 12.0. The first kappa shape index (κ1) is 17.4. The molecule has 1 saturated heterocycles. The fourth-order valence-electron chi connectivity index (χ4n) is 2.34. The fourth-order valence-corrected chi connectivity index (χ4v) is 3.72. The molecule has 2 heterocycles. The third-order valence-electron chi connectivity index (χ3n) is 3.38. The first-order valence-corrected chi connectivity index (χ1v) is 9.06. The second-order valence-corrected chi connectivity index (χ2v) is 6.88. The molecule has 0 radical (unpaired) electrons. The summed E-state index contributed by atoms with van der Waals surface area (Å²) >= 11 is 4.70. The average molecular weight is 421 g/mol. The molecule has 2 aromatic rings. The number of carbonyl (C=O) groups is 3. The monoisotopic (exact) mass is 420 g/mol. The molecule has 0 spiro atoms. The van der Waals surface area contributed by atoms with Crippen molar-refractivity contribution in [2.24, 2.45) is 0 Å². The zero-order valence-corrected chi connectivity index (χ0v) is 15.5. The Morgan fingerprint density at radius 3 is 2.72 bits per heavy atom. The SMILES string of the molecule is CCOc1ccccc1N1C(=O)NC(=O)/C(=C\c2cc(Br)cs2)C1=O. The topological polar surface area (TPSA) is 75.7 Å². The van der Waals surface area contributed by atoms with Crippen molar-refractivity contribution in [3.8, 4) is 5.75 Å². The lowest BCUT2D eigenvalue weighted by Crippen LogP contribution is -2.54. The molecule has 1 aromatic carbocycles. The summed E-state index contributed by atoms with van der Waals surface area (Å²) in [5.41, 5.74) is 0.179. The summed E-state index contributed by atoms with van der Waals surface area (Å²) in [5.74, 6) is -1.02. The van der Waals surface area contributed by atoms with E-state index in [1.54, 1.807) is 37.3 Å². The van der Waals surface area contributed by atoms with Gasteiger partial charge in [-0.15, -0.1) is 11.3 Å². The van der Waals surface area contributed by atoms with Crippen LogP contribution in [0.5, 0.6) is 5.75 Å². The number of barbiturate groups is 1. The molecule has 1 aliphatic heterocycles. The van der Waals surface area contributed by atoms with Crippen molar-refractivity contribution in [3.63, 3.8) is 0 Å². The number of amides is 4. The quantitative estimate of drug-likeness (QED) is 0.605. The van der Waals surface area contributed by atoms with E-state index in [1.165, 1.54) is 17.4 Å². The third kappa shape index (κ3) is 3.49. The molecule has 0 bridgehead atoms. The number of anilines is 1. The van der Waals surface area contributed by atoms with E-state index in [4.69, 9.17) is 4.74 Å². The minimum atomic E-state index is -0.799. The molecule has 6 nitrogen and oxygen atoms in total. The zero-order chi connectivity index (χ0) is 18.0. The molecular weight excluding hydrogens is 408 g/mol. The number of halogens is 1. The number of benzene rings is 1. The Labute approximate surface area is 156 Å². The molecule has 1 N–H and O–H groups in total. The third-order valence-corrected chi connectivity index (χ3v) is 5.02. The summed E-state index contributed by atoms with van der Waals surface area (Å²) in [6.45, 7) is 2.18. The Kier molecular flexibility index (Phi) is 5.00. The zero-order valence-electron chi connectivity index (χ0n) is 13.1. The maximum Gasteiger partial charge on any atom is 0.336 e. The van der Waals surface area contributed by atoms with E-state index in [1.807, 2.05) is 5.38 Å². The standard InChI is InChI=1S/C17H13BrN2O4S/c1-2-24-14-6-4-3-5-13(14)20-16(22)12(15(21)19-17(20)23)8-11-7-10(18)9-25-11/h3-9H,2H2,1H3,(H,19,21,23)/b12-8+. The smallest absolute Gasteiger partial charge is 0.336 e. The van der Waals surface area contributed by atoms with Gasteiger partial charge in [-0.2, -0.15) is 0 Å². The van der Waals surface area contributed by atoms with Gasteiger partial charge in [-0.1, -0.05) is 12.1 Å². The molecule has 0 atom stereocenters. The van der Waals surface area contributed by atoms with Crippen molar-refractivity contribution in [3.05, 3.63) is 50.6 Å². The molecular formula is C17H13BrN2O4S. The minimum absolute atomic E-state index is 0.111. The summed E-state index contributed by atoms with van der Waals surface area (Å²) in [4.78, 5) is 38.9. The normalized spacial score (nSPS) is 16.3. The molecule has 0 saturated carbocycles. The summed E-state index contributed by atoms with van der Waals surface area (Å²) in [6.07, 6.45) is 1.47. The van der Waals surface area contributed by atoms with Gasteiger partial charge in [-0.3, -0.25) is 14.9 Å². The van der Waals surface area contributed by atoms with Gasteiger partial charge in [0, 0.05) is 14.7 Å². The number of hydrogen-bond acceptors (Lipinski definition) is 5. The number of thiophene rings is 1. The largest absolute Gasteiger partial charge is 0.492 e. The van der Waals surface area contributed by atoms with Crippen LogP contribution in [0.4, 0.5) is 10.5 Å². The molecule has 25 heavy (non-hydrogen) atoms. The van der Waals surface area contributed by atoms with Crippen LogP contribution in [-0.2, 0) is 9.59 Å². The summed E-state index contributed by atoms with van der Waals surface area (Å²) in [5, 5.41) is 4.04. The van der Waals surface area contributed by atoms with Gasteiger partial charge in [0.05, 0.1) is 12.3 Å². The van der Waals surface area contributed by atoms with Gasteiger partial charge in [-0.05, 0) is 47.1 Å². The van der Waals surface area contributed by atoms with Crippen LogP contribution in [0, 0.1) is 0 Å². The summed E-state index contributed by atoms with van der Waals surface area (Å²) in [6, 6.07) is 7.67. The lowest BCUT2D eigenvalue weighted by molar-refractivity contribution is -0.122. The van der Waals surface area contributed by atoms with Crippen molar-refractivity contribution >= 4 is 56.9 Å². The second-order valence-electron chi connectivity index (χ2n) is 5.03. The lowest BCUT2D eigenvalue weighted by atomic mass is 10.1. The number of urea groups is 1. The number of nitrogens with one attached hydrogen (secondary N) is 1. The highest BCUT2D eigenvalue weighted by molar-refractivity contribution is 9.10. The number of rotatable bonds is 4. The van der Waals surface area contributed by atoms with Crippen molar-refractivity contribution in [2.45, 2.75) is 6.92 Å². The summed E-state index contributed by atoms with van der Waals surface area (Å²) in [7, 11) is 0. The molecule has 8 heteroatoms. The van der Waals surface area contributed by atoms with Gasteiger partial charge in [0.15, 0.2) is 0 Å². The number of nitrogens with zero attached hydrogens (tertiary/aromatic N) is 1. The number of carbonyl (C=O) groups excluding carboxylic acids is 3. The van der Waals surface area contributed by atoms with E-state index >= 15 is 0 Å². The Morgan fingerprint density at radius 2 is 2.04 bits per heavy atom. The highest BCUT2D eigenvalue weighted by Crippen LogP contribution is 2.31. The van der Waals surface area contributed by atoms with Crippen molar-refractivity contribution < 1.29 is 19.1 Å². The number of ether oxygens (including phenoxy) is 1. The predicted octanol–water partition coefficient (Wildman–Crippen LogP) is 3.58. The fraction of sp³-hybridized carbons (Fsp3) is 0.118. The van der Waals surface area contributed by atoms with Gasteiger partial charge < -0.3 is 4.74 Å². The van der Waals surface area contributed by atoms with Crippen LogP contribution in [0.15, 0.2) is 45.8 Å². The Hall–Kier alpha value is -2.45. The number of para-hydroxylation sites is 2. The van der Waals surface area contributed by atoms with Crippen LogP contribution in [0.2, 0.25) is 0 Å². The van der Waals surface area contributed by atoms with E-state index < -0.39 is 17.8 Å². The van der Waals surface area contributed by atoms with Crippen LogP contribution < -0.4 is 15.0 Å². The van der Waals surface area contributed by atoms with Crippen molar-refractivity contribution in [1.82, 2.24) is 5.32 Å². The second kappa shape index (κ2) is 7.20. The van der Waals surface area contributed by atoms with Crippen molar-refractivity contribution in [2.75, 3.05) is 11.5 Å². The number of hydrogen-bond donors (Lipinski definition) is 1. The Bertz CT molecular complexity index is 890. The first-order valence-electron chi connectivity index (χ1n) is 7.38. The van der Waals surface area contributed by atoms with Gasteiger partial charge in [0.2, 0.25) is 0 Å². The highest BCUT2D eigenvalue weighted by atomic mass is 79.9. The van der Waals surface area contributed by atoms with Crippen LogP contribution in [-0.4, -0.2) is 24.5 Å². The van der Waals surface area contributed by atoms with Gasteiger partial charge in [0.25, 0.3) is 11.8 Å².